The largest absolute Gasteiger partial charge is 0.495 e. The number of hydrogen-bond acceptors (Lipinski definition) is 4. The SMILES string of the molecule is COc1ccc(C)cc1NS(=O)(=O)N1CCOCC1. The van der Waals surface area contributed by atoms with Crippen LogP contribution in [0.25, 0.3) is 0 Å². The van der Waals surface area contributed by atoms with Gasteiger partial charge in [0.1, 0.15) is 5.75 Å². The molecular formula is C12H18N2O4S. The van der Waals surface area contributed by atoms with Crippen molar-refractivity contribution in [1.29, 1.82) is 0 Å². The van der Waals surface area contributed by atoms with E-state index in [-0.39, 0.29) is 0 Å². The Labute approximate surface area is 113 Å². The summed E-state index contributed by atoms with van der Waals surface area (Å²) in [5.41, 5.74) is 1.41. The highest BCUT2D eigenvalue weighted by Gasteiger charge is 2.25. The van der Waals surface area contributed by atoms with Crippen LogP contribution in [0.2, 0.25) is 0 Å². The summed E-state index contributed by atoms with van der Waals surface area (Å²) in [5.74, 6) is 0.502. The van der Waals surface area contributed by atoms with E-state index in [2.05, 4.69) is 4.72 Å². The van der Waals surface area contributed by atoms with Crippen molar-refractivity contribution in [2.45, 2.75) is 6.92 Å². The molecule has 0 saturated carbocycles. The molecular weight excluding hydrogens is 268 g/mol. The molecule has 1 N–H and O–H groups in total. The molecule has 1 aromatic carbocycles. The van der Waals surface area contributed by atoms with E-state index >= 15 is 0 Å². The van der Waals surface area contributed by atoms with Crippen LogP contribution in [0.3, 0.4) is 0 Å². The minimum atomic E-state index is -3.56. The summed E-state index contributed by atoms with van der Waals surface area (Å²) < 4.78 is 38.7. The highest BCUT2D eigenvalue weighted by molar-refractivity contribution is 7.90. The number of nitrogens with one attached hydrogen (secondary N) is 1. The first-order valence-electron chi connectivity index (χ1n) is 6.03. The summed E-state index contributed by atoms with van der Waals surface area (Å²) in [6, 6.07) is 5.36. The van der Waals surface area contributed by atoms with Gasteiger partial charge in [-0.3, -0.25) is 4.72 Å². The molecule has 1 fully saturated rings. The smallest absolute Gasteiger partial charge is 0.301 e. The number of aryl methyl sites for hydroxylation is 1. The third-order valence-electron chi connectivity index (χ3n) is 2.90. The van der Waals surface area contributed by atoms with Crippen LogP contribution in [-0.2, 0) is 14.9 Å². The van der Waals surface area contributed by atoms with Crippen LogP contribution in [0.1, 0.15) is 5.56 Å². The number of ether oxygens (including phenoxy) is 2. The van der Waals surface area contributed by atoms with Gasteiger partial charge in [0.25, 0.3) is 0 Å². The number of methoxy groups -OCH3 is 1. The van der Waals surface area contributed by atoms with Crippen LogP contribution >= 0.6 is 0 Å². The predicted molar refractivity (Wildman–Crippen MR) is 72.7 cm³/mol. The van der Waals surface area contributed by atoms with Gasteiger partial charge >= 0.3 is 10.2 Å². The van der Waals surface area contributed by atoms with E-state index in [1.54, 1.807) is 12.1 Å². The summed E-state index contributed by atoms with van der Waals surface area (Å²) >= 11 is 0. The Balaban J connectivity index is 2.21. The lowest BCUT2D eigenvalue weighted by atomic mass is 10.2. The van der Waals surface area contributed by atoms with Crippen molar-refractivity contribution >= 4 is 15.9 Å². The number of anilines is 1. The minimum absolute atomic E-state index is 0.365. The maximum atomic E-state index is 12.2. The Morgan fingerprint density at radius 3 is 2.63 bits per heavy atom. The Morgan fingerprint density at radius 2 is 2.00 bits per heavy atom. The molecule has 106 valence electrons. The van der Waals surface area contributed by atoms with Crippen molar-refractivity contribution in [1.82, 2.24) is 4.31 Å². The first kappa shape index (κ1) is 14.1. The van der Waals surface area contributed by atoms with Crippen molar-refractivity contribution in [3.05, 3.63) is 23.8 Å². The molecule has 0 aromatic heterocycles. The van der Waals surface area contributed by atoms with Gasteiger partial charge in [-0.2, -0.15) is 12.7 Å². The van der Waals surface area contributed by atoms with E-state index in [0.717, 1.165) is 5.56 Å². The summed E-state index contributed by atoms with van der Waals surface area (Å²) in [6.45, 7) is 3.47. The predicted octanol–water partition coefficient (Wildman–Crippen LogP) is 0.993. The van der Waals surface area contributed by atoms with Crippen LogP contribution < -0.4 is 9.46 Å². The maximum Gasteiger partial charge on any atom is 0.301 e. The molecule has 0 unspecified atom stereocenters. The summed E-state index contributed by atoms with van der Waals surface area (Å²) in [4.78, 5) is 0. The second-order valence-corrected chi connectivity index (χ2v) is 5.99. The molecule has 0 aliphatic carbocycles. The average Bonchev–Trinajstić information content (AvgIpc) is 2.39. The summed E-state index contributed by atoms with van der Waals surface area (Å²) in [7, 11) is -2.05. The van der Waals surface area contributed by atoms with E-state index in [9.17, 15) is 8.42 Å². The molecule has 2 rings (SSSR count). The molecule has 1 heterocycles. The van der Waals surface area contributed by atoms with Gasteiger partial charge in [-0.1, -0.05) is 6.07 Å². The van der Waals surface area contributed by atoms with Crippen LogP contribution in [0.15, 0.2) is 18.2 Å². The van der Waals surface area contributed by atoms with Gasteiger partial charge in [0.15, 0.2) is 0 Å². The van der Waals surface area contributed by atoms with Gasteiger partial charge < -0.3 is 9.47 Å². The normalized spacial score (nSPS) is 17.2. The van der Waals surface area contributed by atoms with Crippen molar-refractivity contribution in [2.24, 2.45) is 0 Å². The Hall–Kier alpha value is -1.31. The van der Waals surface area contributed by atoms with Gasteiger partial charge in [-0.25, -0.2) is 0 Å². The fourth-order valence-electron chi connectivity index (χ4n) is 1.89. The van der Waals surface area contributed by atoms with Crippen LogP contribution in [0.4, 0.5) is 5.69 Å². The van der Waals surface area contributed by atoms with Crippen LogP contribution in [0, 0.1) is 6.92 Å². The molecule has 0 amide bonds. The number of morpholine rings is 1. The van der Waals surface area contributed by atoms with Gasteiger partial charge in [0.2, 0.25) is 0 Å². The second kappa shape index (κ2) is 5.77. The summed E-state index contributed by atoms with van der Waals surface area (Å²) in [5, 5.41) is 0. The van der Waals surface area contributed by atoms with Crippen molar-refractivity contribution in [3.8, 4) is 5.75 Å². The third kappa shape index (κ3) is 3.37. The van der Waals surface area contributed by atoms with E-state index < -0.39 is 10.2 Å². The molecule has 1 aliphatic rings. The van der Waals surface area contributed by atoms with Crippen LogP contribution in [-0.4, -0.2) is 46.1 Å². The lowest BCUT2D eigenvalue weighted by molar-refractivity contribution is 0.0733. The minimum Gasteiger partial charge on any atom is -0.495 e. The molecule has 1 aromatic rings. The molecule has 19 heavy (non-hydrogen) atoms. The van der Waals surface area contributed by atoms with Gasteiger partial charge in [-0.15, -0.1) is 0 Å². The standard InChI is InChI=1S/C12H18N2O4S/c1-10-3-4-12(17-2)11(9-10)13-19(15,16)14-5-7-18-8-6-14/h3-4,9,13H,5-8H2,1-2H3. The van der Waals surface area contributed by atoms with Crippen molar-refractivity contribution in [2.75, 3.05) is 38.1 Å². The molecule has 0 radical (unpaired) electrons. The van der Waals surface area contributed by atoms with Crippen molar-refractivity contribution < 1.29 is 17.9 Å². The number of benzene rings is 1. The maximum absolute atomic E-state index is 12.2. The first-order valence-corrected chi connectivity index (χ1v) is 7.47. The number of nitrogens with zero attached hydrogens (tertiary/aromatic N) is 1. The van der Waals surface area contributed by atoms with Gasteiger partial charge in [-0.05, 0) is 24.6 Å². The highest BCUT2D eigenvalue weighted by atomic mass is 32.2. The van der Waals surface area contributed by atoms with E-state index in [0.29, 0.717) is 37.7 Å². The van der Waals surface area contributed by atoms with E-state index in [1.807, 2.05) is 13.0 Å². The molecule has 0 atom stereocenters. The number of rotatable bonds is 4. The Morgan fingerprint density at radius 1 is 1.32 bits per heavy atom. The zero-order valence-corrected chi connectivity index (χ0v) is 11.9. The number of hydrogen-bond donors (Lipinski definition) is 1. The molecule has 6 nitrogen and oxygen atoms in total. The Bertz CT molecular complexity index is 539. The fraction of sp³-hybridized carbons (Fsp3) is 0.500. The topological polar surface area (TPSA) is 67.9 Å². The first-order chi connectivity index (χ1) is 9.03. The van der Waals surface area contributed by atoms with E-state index in [1.165, 1.54) is 11.4 Å². The van der Waals surface area contributed by atoms with Gasteiger partial charge in [0, 0.05) is 13.1 Å². The monoisotopic (exact) mass is 286 g/mol. The van der Waals surface area contributed by atoms with Gasteiger partial charge in [0.05, 0.1) is 26.0 Å². The zero-order valence-electron chi connectivity index (χ0n) is 11.0. The summed E-state index contributed by atoms with van der Waals surface area (Å²) in [6.07, 6.45) is 0. The lowest BCUT2D eigenvalue weighted by Crippen LogP contribution is -2.43. The van der Waals surface area contributed by atoms with E-state index in [4.69, 9.17) is 9.47 Å². The van der Waals surface area contributed by atoms with Crippen molar-refractivity contribution in [3.63, 3.8) is 0 Å². The van der Waals surface area contributed by atoms with Crippen LogP contribution in [0.5, 0.6) is 5.75 Å². The molecule has 1 saturated heterocycles. The second-order valence-electron chi connectivity index (χ2n) is 4.32. The Kier molecular flexibility index (Phi) is 4.28. The zero-order chi connectivity index (χ0) is 13.9. The molecule has 0 bridgehead atoms. The quantitative estimate of drug-likeness (QED) is 0.896. The third-order valence-corrected chi connectivity index (χ3v) is 4.43. The lowest BCUT2D eigenvalue weighted by Gasteiger charge is -2.26. The molecule has 1 aliphatic heterocycles. The average molecular weight is 286 g/mol. The highest BCUT2D eigenvalue weighted by Crippen LogP contribution is 2.26. The fourth-order valence-corrected chi connectivity index (χ4v) is 3.09. The molecule has 0 spiro atoms. The molecule has 7 heteroatoms.